The quantitative estimate of drug-likeness (QED) is 0.830. The Morgan fingerprint density at radius 2 is 1.77 bits per heavy atom. The number of rotatable bonds is 5. The molecule has 2 heteroatoms. The smallest absolute Gasteiger partial charge is 0.119 e. The Bertz CT molecular complexity index is 475. The molecule has 1 aliphatic rings. The summed E-state index contributed by atoms with van der Waals surface area (Å²) in [4.78, 5) is 0. The van der Waals surface area contributed by atoms with Gasteiger partial charge in [-0.25, -0.2) is 0 Å². The zero-order chi connectivity index (χ0) is 16.4. The fourth-order valence-corrected chi connectivity index (χ4v) is 2.88. The van der Waals surface area contributed by atoms with Crippen LogP contribution in [0.4, 0.5) is 0 Å². The Morgan fingerprint density at radius 3 is 2.36 bits per heavy atom. The lowest BCUT2D eigenvalue weighted by molar-refractivity contribution is 0.0733. The van der Waals surface area contributed by atoms with Crippen LogP contribution < -0.4 is 10.1 Å². The van der Waals surface area contributed by atoms with Crippen molar-refractivity contribution in [2.24, 2.45) is 5.41 Å². The summed E-state index contributed by atoms with van der Waals surface area (Å²) in [6.07, 6.45) is 4.93. The number of hydrogen-bond acceptors (Lipinski definition) is 2. The predicted octanol–water partition coefficient (Wildman–Crippen LogP) is 4.96. The maximum absolute atomic E-state index is 6.13. The first-order valence-electron chi connectivity index (χ1n) is 8.64. The second kappa shape index (κ2) is 6.62. The zero-order valence-electron chi connectivity index (χ0n) is 15.2. The van der Waals surface area contributed by atoms with Crippen molar-refractivity contribution in [3.63, 3.8) is 0 Å². The summed E-state index contributed by atoms with van der Waals surface area (Å²) >= 11 is 0. The van der Waals surface area contributed by atoms with Crippen molar-refractivity contribution in [1.29, 1.82) is 0 Å². The number of hydrogen-bond donors (Lipinski definition) is 1. The molecule has 1 aromatic carbocycles. The van der Waals surface area contributed by atoms with E-state index in [0.29, 0.717) is 17.6 Å². The van der Waals surface area contributed by atoms with Crippen LogP contribution in [-0.4, -0.2) is 17.7 Å². The van der Waals surface area contributed by atoms with Gasteiger partial charge in [-0.15, -0.1) is 0 Å². The molecule has 0 heterocycles. The van der Waals surface area contributed by atoms with Gasteiger partial charge in [-0.1, -0.05) is 32.9 Å². The van der Waals surface area contributed by atoms with E-state index in [-0.39, 0.29) is 5.54 Å². The predicted molar refractivity (Wildman–Crippen MR) is 94.5 cm³/mol. The summed E-state index contributed by atoms with van der Waals surface area (Å²) in [5.41, 5.74) is 1.97. The molecule has 0 spiro atoms. The number of nitrogens with one attached hydrogen (secondary N) is 1. The first-order valence-corrected chi connectivity index (χ1v) is 8.64. The van der Waals surface area contributed by atoms with Crippen LogP contribution in [0, 0.1) is 5.41 Å². The number of ether oxygens (including phenoxy) is 1. The Morgan fingerprint density at radius 1 is 1.09 bits per heavy atom. The Balaban J connectivity index is 1.80. The highest BCUT2D eigenvalue weighted by molar-refractivity contribution is 5.29. The summed E-state index contributed by atoms with van der Waals surface area (Å²) in [7, 11) is 0. The molecular weight excluding hydrogens is 270 g/mol. The van der Waals surface area contributed by atoms with E-state index in [1.165, 1.54) is 12.0 Å². The highest BCUT2D eigenvalue weighted by atomic mass is 16.5. The van der Waals surface area contributed by atoms with Gasteiger partial charge >= 0.3 is 0 Å². The Kier molecular flexibility index (Phi) is 5.21. The average Bonchev–Trinajstić information content (AvgIpc) is 2.32. The maximum atomic E-state index is 6.13. The van der Waals surface area contributed by atoms with E-state index in [1.807, 2.05) is 0 Å². The number of aryl methyl sites for hydroxylation is 1. The third-order valence-corrected chi connectivity index (χ3v) is 4.10. The van der Waals surface area contributed by atoms with Gasteiger partial charge in [-0.2, -0.15) is 0 Å². The van der Waals surface area contributed by atoms with Crippen LogP contribution in [0.5, 0.6) is 5.75 Å². The van der Waals surface area contributed by atoms with Crippen LogP contribution in [0.25, 0.3) is 0 Å². The van der Waals surface area contributed by atoms with Crippen molar-refractivity contribution >= 4 is 0 Å². The maximum Gasteiger partial charge on any atom is 0.119 e. The molecule has 0 saturated heterocycles. The third-order valence-electron chi connectivity index (χ3n) is 4.10. The fourth-order valence-electron chi connectivity index (χ4n) is 2.88. The minimum atomic E-state index is 0.197. The van der Waals surface area contributed by atoms with E-state index in [0.717, 1.165) is 25.0 Å². The highest BCUT2D eigenvalue weighted by Gasteiger charge is 2.33. The van der Waals surface area contributed by atoms with Crippen molar-refractivity contribution in [3.05, 3.63) is 29.8 Å². The molecule has 22 heavy (non-hydrogen) atoms. The molecule has 0 unspecified atom stereocenters. The normalized spacial score (nSPS) is 22.3. The molecular formula is C20H33NO. The van der Waals surface area contributed by atoms with Gasteiger partial charge in [0, 0.05) is 11.6 Å². The van der Waals surface area contributed by atoms with Crippen molar-refractivity contribution in [1.82, 2.24) is 5.32 Å². The van der Waals surface area contributed by atoms with Gasteiger partial charge in [-0.05, 0) is 69.6 Å². The van der Waals surface area contributed by atoms with E-state index in [9.17, 15) is 0 Å². The fraction of sp³-hybridized carbons (Fsp3) is 0.700. The van der Waals surface area contributed by atoms with Crippen molar-refractivity contribution < 1.29 is 4.74 Å². The van der Waals surface area contributed by atoms with Crippen molar-refractivity contribution in [3.8, 4) is 5.75 Å². The summed E-state index contributed by atoms with van der Waals surface area (Å²) in [5.74, 6) is 1.03. The molecule has 0 aliphatic heterocycles. The molecule has 2 rings (SSSR count). The molecule has 124 valence electrons. The van der Waals surface area contributed by atoms with Gasteiger partial charge in [0.15, 0.2) is 0 Å². The van der Waals surface area contributed by atoms with Gasteiger partial charge in [0.25, 0.3) is 0 Å². The van der Waals surface area contributed by atoms with E-state index < -0.39 is 0 Å². The summed E-state index contributed by atoms with van der Waals surface area (Å²) in [6, 6.07) is 9.25. The molecule has 0 aromatic heterocycles. The SMILES string of the molecule is CC(C)(C)CCc1cccc(OC2CC(NC(C)(C)C)C2)c1. The molecule has 0 atom stereocenters. The molecule has 1 fully saturated rings. The molecule has 0 amide bonds. The lowest BCUT2D eigenvalue weighted by Gasteiger charge is -2.40. The molecule has 1 aromatic rings. The van der Waals surface area contributed by atoms with E-state index in [4.69, 9.17) is 4.74 Å². The first kappa shape index (κ1) is 17.3. The third kappa shape index (κ3) is 6.00. The van der Waals surface area contributed by atoms with Gasteiger partial charge in [0.1, 0.15) is 11.9 Å². The summed E-state index contributed by atoms with van der Waals surface area (Å²) in [6.45, 7) is 13.6. The van der Waals surface area contributed by atoms with Crippen LogP contribution in [-0.2, 0) is 6.42 Å². The monoisotopic (exact) mass is 303 g/mol. The summed E-state index contributed by atoms with van der Waals surface area (Å²) in [5, 5.41) is 3.64. The van der Waals surface area contributed by atoms with E-state index in [1.54, 1.807) is 0 Å². The van der Waals surface area contributed by atoms with Crippen LogP contribution in [0.15, 0.2) is 24.3 Å². The standard InChI is InChI=1S/C20H33NO/c1-19(2,3)11-10-15-8-7-9-17(12-15)22-18-13-16(14-18)21-20(4,5)6/h7-9,12,16,18,21H,10-11,13-14H2,1-6H3. The van der Waals surface area contributed by atoms with Crippen LogP contribution in [0.1, 0.15) is 66.4 Å². The van der Waals surface area contributed by atoms with Gasteiger partial charge in [0.2, 0.25) is 0 Å². The van der Waals surface area contributed by atoms with Crippen molar-refractivity contribution in [2.75, 3.05) is 0 Å². The molecule has 0 radical (unpaired) electrons. The van der Waals surface area contributed by atoms with Gasteiger partial charge in [0.05, 0.1) is 0 Å². The van der Waals surface area contributed by atoms with Crippen LogP contribution in [0.2, 0.25) is 0 Å². The van der Waals surface area contributed by atoms with Crippen LogP contribution in [0.3, 0.4) is 0 Å². The number of benzene rings is 1. The zero-order valence-corrected chi connectivity index (χ0v) is 15.2. The first-order chi connectivity index (χ1) is 10.1. The lowest BCUT2D eigenvalue weighted by Crippen LogP contribution is -2.53. The second-order valence-corrected chi connectivity index (χ2v) is 9.01. The molecule has 1 aliphatic carbocycles. The molecule has 2 nitrogen and oxygen atoms in total. The lowest BCUT2D eigenvalue weighted by atomic mass is 9.87. The van der Waals surface area contributed by atoms with Gasteiger partial charge in [-0.3, -0.25) is 0 Å². The summed E-state index contributed by atoms with van der Waals surface area (Å²) < 4.78 is 6.13. The molecule has 1 N–H and O–H groups in total. The minimum Gasteiger partial charge on any atom is -0.490 e. The van der Waals surface area contributed by atoms with Crippen molar-refractivity contribution in [2.45, 2.75) is 84.9 Å². The molecule has 1 saturated carbocycles. The minimum absolute atomic E-state index is 0.197. The largest absolute Gasteiger partial charge is 0.490 e. The highest BCUT2D eigenvalue weighted by Crippen LogP contribution is 2.28. The Labute approximate surface area is 136 Å². The van der Waals surface area contributed by atoms with E-state index in [2.05, 4.69) is 71.1 Å². The van der Waals surface area contributed by atoms with Gasteiger partial charge < -0.3 is 10.1 Å². The van der Waals surface area contributed by atoms with Crippen LogP contribution >= 0.6 is 0 Å². The topological polar surface area (TPSA) is 21.3 Å². The molecule has 0 bridgehead atoms. The average molecular weight is 303 g/mol. The Hall–Kier alpha value is -1.02. The second-order valence-electron chi connectivity index (χ2n) is 9.01. The van der Waals surface area contributed by atoms with E-state index >= 15 is 0 Å².